The van der Waals surface area contributed by atoms with Gasteiger partial charge in [0.1, 0.15) is 10.7 Å². The molecule has 1 heterocycles. The molecule has 0 amide bonds. The zero-order valence-electron chi connectivity index (χ0n) is 13.4. The van der Waals surface area contributed by atoms with E-state index in [4.69, 9.17) is 0 Å². The summed E-state index contributed by atoms with van der Waals surface area (Å²) in [7, 11) is -7.71. The molecule has 8 heteroatoms. The van der Waals surface area contributed by atoms with Gasteiger partial charge in [0.05, 0.1) is 10.6 Å². The van der Waals surface area contributed by atoms with Crippen LogP contribution in [-0.2, 0) is 19.9 Å². The van der Waals surface area contributed by atoms with Crippen molar-refractivity contribution in [1.29, 1.82) is 0 Å². The van der Waals surface area contributed by atoms with E-state index in [1.165, 1.54) is 30.3 Å². The molecule has 0 spiro atoms. The minimum absolute atomic E-state index is 0.158. The van der Waals surface area contributed by atoms with Gasteiger partial charge < -0.3 is 0 Å². The molecule has 1 saturated heterocycles. The van der Waals surface area contributed by atoms with Gasteiger partial charge in [-0.25, -0.2) is 21.2 Å². The van der Waals surface area contributed by atoms with Gasteiger partial charge >= 0.3 is 0 Å². The fraction of sp³-hybridized carbons (Fsp3) is 0.294. The number of hydrogen-bond acceptors (Lipinski definition) is 4. The van der Waals surface area contributed by atoms with E-state index in [1.54, 1.807) is 18.2 Å². The highest BCUT2D eigenvalue weighted by molar-refractivity contribution is 7.91. The van der Waals surface area contributed by atoms with Gasteiger partial charge in [0.15, 0.2) is 9.84 Å². The van der Waals surface area contributed by atoms with Crippen LogP contribution in [0, 0.1) is 5.82 Å². The van der Waals surface area contributed by atoms with Crippen molar-refractivity contribution < 1.29 is 21.2 Å². The normalized spacial score (nSPS) is 19.2. The summed E-state index contributed by atoms with van der Waals surface area (Å²) in [6, 6.07) is 12.4. The summed E-state index contributed by atoms with van der Waals surface area (Å²) in [4.78, 5) is -0.260. The Bertz CT molecular complexity index is 959. The number of nitrogens with zero attached hydrogens (tertiary/aromatic N) is 1. The quantitative estimate of drug-likeness (QED) is 0.795. The molecule has 0 aliphatic carbocycles. The van der Waals surface area contributed by atoms with E-state index < -0.39 is 36.6 Å². The van der Waals surface area contributed by atoms with Crippen molar-refractivity contribution in [2.45, 2.75) is 28.7 Å². The van der Waals surface area contributed by atoms with Crippen LogP contribution in [0.15, 0.2) is 64.4 Å². The molecule has 1 fully saturated rings. The van der Waals surface area contributed by atoms with Crippen molar-refractivity contribution in [1.82, 2.24) is 4.31 Å². The molecule has 25 heavy (non-hydrogen) atoms. The minimum atomic E-state index is -4.08. The molecule has 1 aliphatic rings. The van der Waals surface area contributed by atoms with E-state index in [1.807, 2.05) is 0 Å². The predicted octanol–water partition coefficient (Wildman–Crippen LogP) is 2.45. The van der Waals surface area contributed by atoms with Crippen molar-refractivity contribution >= 4 is 19.9 Å². The summed E-state index contributed by atoms with van der Waals surface area (Å²) in [5, 5.41) is 0. The highest BCUT2D eigenvalue weighted by atomic mass is 32.2. The van der Waals surface area contributed by atoms with Gasteiger partial charge in [0.2, 0.25) is 10.0 Å². The number of rotatable bonds is 5. The van der Waals surface area contributed by atoms with E-state index in [-0.39, 0.29) is 17.2 Å². The smallest absolute Gasteiger partial charge is 0.224 e. The van der Waals surface area contributed by atoms with Gasteiger partial charge in [-0.15, -0.1) is 0 Å². The maximum Gasteiger partial charge on any atom is 0.246 e. The molecule has 1 unspecified atom stereocenters. The molecule has 3 rings (SSSR count). The number of hydrogen-bond donors (Lipinski definition) is 0. The number of sulfonamides is 1. The Hall–Kier alpha value is -1.77. The highest BCUT2D eigenvalue weighted by Gasteiger charge is 2.39. The molecule has 1 aliphatic heterocycles. The summed E-state index contributed by atoms with van der Waals surface area (Å²) in [5.41, 5.74) is 0. The Balaban J connectivity index is 1.90. The fourth-order valence-corrected chi connectivity index (χ4v) is 6.52. The molecule has 134 valence electrons. The first-order valence-electron chi connectivity index (χ1n) is 7.86. The summed E-state index contributed by atoms with van der Waals surface area (Å²) >= 11 is 0. The molecular weight excluding hydrogens is 365 g/mol. The third-order valence-corrected chi connectivity index (χ3v) is 8.06. The molecule has 0 aromatic heterocycles. The molecule has 0 bridgehead atoms. The van der Waals surface area contributed by atoms with Crippen LogP contribution in [0.3, 0.4) is 0 Å². The molecule has 0 radical (unpaired) electrons. The second kappa shape index (κ2) is 6.86. The van der Waals surface area contributed by atoms with Crippen LogP contribution in [-0.4, -0.2) is 39.5 Å². The van der Waals surface area contributed by atoms with E-state index in [9.17, 15) is 21.2 Å². The Kier molecular flexibility index (Phi) is 4.95. The maximum absolute atomic E-state index is 13.9. The maximum atomic E-state index is 13.9. The first kappa shape index (κ1) is 18.0. The molecule has 5 nitrogen and oxygen atoms in total. The average Bonchev–Trinajstić information content (AvgIpc) is 3.04. The molecule has 0 N–H and O–H groups in total. The Morgan fingerprint density at radius 2 is 1.60 bits per heavy atom. The Morgan fingerprint density at radius 1 is 0.960 bits per heavy atom. The number of sulfone groups is 1. The number of benzene rings is 2. The third kappa shape index (κ3) is 3.61. The monoisotopic (exact) mass is 383 g/mol. The molecular formula is C17H18FNO4S2. The van der Waals surface area contributed by atoms with Crippen LogP contribution in [0.25, 0.3) is 0 Å². The van der Waals surface area contributed by atoms with E-state index in [2.05, 4.69) is 0 Å². The second-order valence-corrected chi connectivity index (χ2v) is 9.83. The topological polar surface area (TPSA) is 71.5 Å². The van der Waals surface area contributed by atoms with Crippen molar-refractivity contribution in [3.8, 4) is 0 Å². The van der Waals surface area contributed by atoms with Crippen LogP contribution in [0.1, 0.15) is 12.8 Å². The third-order valence-electron chi connectivity index (χ3n) is 4.26. The first-order chi connectivity index (χ1) is 11.8. The first-order valence-corrected chi connectivity index (χ1v) is 11.0. The lowest BCUT2D eigenvalue weighted by molar-refractivity contribution is 0.404. The van der Waals surface area contributed by atoms with Crippen LogP contribution in [0.4, 0.5) is 4.39 Å². The SMILES string of the molecule is O=S(=O)(CC1CCCN1S(=O)(=O)c1ccccc1F)c1ccccc1. The van der Waals surface area contributed by atoms with Gasteiger partial charge in [0.25, 0.3) is 0 Å². The summed E-state index contributed by atoms with van der Waals surface area (Å²) in [6.45, 7) is 0.186. The molecule has 1 atom stereocenters. The van der Waals surface area contributed by atoms with Crippen molar-refractivity contribution in [2.75, 3.05) is 12.3 Å². The van der Waals surface area contributed by atoms with Crippen molar-refractivity contribution in [2.24, 2.45) is 0 Å². The molecule has 0 saturated carbocycles. The van der Waals surface area contributed by atoms with Gasteiger partial charge in [-0.3, -0.25) is 0 Å². The van der Waals surface area contributed by atoms with Crippen molar-refractivity contribution in [3.05, 3.63) is 60.4 Å². The number of halogens is 1. The van der Waals surface area contributed by atoms with Gasteiger partial charge in [-0.1, -0.05) is 30.3 Å². The molecule has 2 aromatic rings. The largest absolute Gasteiger partial charge is 0.246 e. The Morgan fingerprint density at radius 3 is 2.28 bits per heavy atom. The standard InChI is InChI=1S/C17H18FNO4S2/c18-16-10-4-5-11-17(16)25(22,23)19-12-6-7-14(19)13-24(20,21)15-8-2-1-3-9-15/h1-5,8-11,14H,6-7,12-13H2. The summed E-state index contributed by atoms with van der Waals surface area (Å²) in [6.07, 6.45) is 0.975. The predicted molar refractivity (Wildman–Crippen MR) is 91.8 cm³/mol. The van der Waals surface area contributed by atoms with Crippen LogP contribution in [0.2, 0.25) is 0 Å². The van der Waals surface area contributed by atoms with Crippen LogP contribution in [0.5, 0.6) is 0 Å². The van der Waals surface area contributed by atoms with E-state index in [0.29, 0.717) is 12.8 Å². The summed E-state index contributed by atoms with van der Waals surface area (Å²) in [5.74, 6) is -1.15. The second-order valence-electron chi connectivity index (χ2n) is 5.94. The van der Waals surface area contributed by atoms with Crippen molar-refractivity contribution in [3.63, 3.8) is 0 Å². The highest BCUT2D eigenvalue weighted by Crippen LogP contribution is 2.29. The zero-order valence-corrected chi connectivity index (χ0v) is 15.0. The lowest BCUT2D eigenvalue weighted by Gasteiger charge is -2.24. The van der Waals surface area contributed by atoms with Gasteiger partial charge in [0, 0.05) is 12.6 Å². The summed E-state index contributed by atoms with van der Waals surface area (Å²) < 4.78 is 65.8. The van der Waals surface area contributed by atoms with Crippen LogP contribution < -0.4 is 0 Å². The average molecular weight is 383 g/mol. The fourth-order valence-electron chi connectivity index (χ4n) is 3.05. The lowest BCUT2D eigenvalue weighted by atomic mass is 10.3. The Labute approximate surface area is 147 Å². The lowest BCUT2D eigenvalue weighted by Crippen LogP contribution is -2.39. The minimum Gasteiger partial charge on any atom is -0.224 e. The van der Waals surface area contributed by atoms with Gasteiger partial charge in [-0.05, 0) is 37.1 Å². The van der Waals surface area contributed by atoms with E-state index in [0.717, 1.165) is 10.4 Å². The van der Waals surface area contributed by atoms with Gasteiger partial charge in [-0.2, -0.15) is 4.31 Å². The van der Waals surface area contributed by atoms with Crippen LogP contribution >= 0.6 is 0 Å². The molecule has 2 aromatic carbocycles. The van der Waals surface area contributed by atoms with E-state index >= 15 is 0 Å². The zero-order chi connectivity index (χ0) is 18.1.